The highest BCUT2D eigenvalue weighted by Crippen LogP contribution is 2.02. The van der Waals surface area contributed by atoms with E-state index in [-0.39, 0.29) is 12.2 Å². The number of hydrogen-bond donors (Lipinski definition) is 1. The van der Waals surface area contributed by atoms with Crippen molar-refractivity contribution in [1.82, 2.24) is 10.2 Å². The van der Waals surface area contributed by atoms with E-state index in [1.165, 1.54) is 5.56 Å². The van der Waals surface area contributed by atoms with E-state index in [1.807, 2.05) is 57.1 Å². The third-order valence-corrected chi connectivity index (χ3v) is 2.49. The molecule has 1 aromatic rings. The number of amides is 1. The van der Waals surface area contributed by atoms with Crippen molar-refractivity contribution in [2.24, 2.45) is 0 Å². The predicted molar refractivity (Wildman–Crippen MR) is 72.5 cm³/mol. The van der Waals surface area contributed by atoms with E-state index >= 15 is 0 Å². The maximum atomic E-state index is 11.5. The van der Waals surface area contributed by atoms with Crippen LogP contribution >= 0.6 is 0 Å². The number of carbonyl (C=O) groups excluding carboxylic acids is 1. The van der Waals surface area contributed by atoms with E-state index in [1.54, 1.807) is 0 Å². The summed E-state index contributed by atoms with van der Waals surface area (Å²) in [6, 6.07) is 8.05. The fourth-order valence-electron chi connectivity index (χ4n) is 1.66. The van der Waals surface area contributed by atoms with E-state index in [0.717, 1.165) is 12.1 Å². The monoisotopic (exact) mass is 250 g/mol. The molecular weight excluding hydrogens is 228 g/mol. The number of ether oxygens (including phenoxy) is 1. The number of carbonyl (C=O) groups is 1. The van der Waals surface area contributed by atoms with Crippen LogP contribution in [0, 0.1) is 6.92 Å². The molecule has 0 saturated carbocycles. The van der Waals surface area contributed by atoms with Gasteiger partial charge >= 0.3 is 6.09 Å². The number of rotatable bonds is 5. The van der Waals surface area contributed by atoms with Gasteiger partial charge in [-0.05, 0) is 33.5 Å². The standard InChI is InChI=1S/C14H22N2O2/c1-11-5-7-13(8-6-11)9-15-14(17)18-12(2)10-16(3)4/h5-8,12H,9-10H2,1-4H3,(H,15,17). The molecule has 0 saturated heterocycles. The van der Waals surface area contributed by atoms with Gasteiger partial charge in [0.2, 0.25) is 0 Å². The smallest absolute Gasteiger partial charge is 0.407 e. The zero-order valence-electron chi connectivity index (χ0n) is 11.6. The van der Waals surface area contributed by atoms with Gasteiger partial charge in [0.15, 0.2) is 0 Å². The molecule has 1 N–H and O–H groups in total. The van der Waals surface area contributed by atoms with E-state index in [9.17, 15) is 4.79 Å². The molecule has 18 heavy (non-hydrogen) atoms. The molecule has 4 heteroatoms. The normalized spacial score (nSPS) is 12.3. The summed E-state index contributed by atoms with van der Waals surface area (Å²) in [7, 11) is 3.90. The highest BCUT2D eigenvalue weighted by atomic mass is 16.6. The molecule has 1 rings (SSSR count). The van der Waals surface area contributed by atoms with Crippen LogP contribution in [0.25, 0.3) is 0 Å². The topological polar surface area (TPSA) is 41.6 Å². The van der Waals surface area contributed by atoms with Gasteiger partial charge in [0.05, 0.1) is 0 Å². The number of likely N-dealkylation sites (N-methyl/N-ethyl adjacent to an activating group) is 1. The summed E-state index contributed by atoms with van der Waals surface area (Å²) in [6.45, 7) is 5.13. The van der Waals surface area contributed by atoms with Gasteiger partial charge in [-0.2, -0.15) is 0 Å². The van der Waals surface area contributed by atoms with Crippen molar-refractivity contribution in [3.63, 3.8) is 0 Å². The second-order valence-electron chi connectivity index (χ2n) is 4.82. The Morgan fingerprint density at radius 3 is 2.50 bits per heavy atom. The van der Waals surface area contributed by atoms with Crippen molar-refractivity contribution in [3.8, 4) is 0 Å². The summed E-state index contributed by atoms with van der Waals surface area (Å²) < 4.78 is 5.21. The van der Waals surface area contributed by atoms with E-state index in [4.69, 9.17) is 4.74 Å². The Balaban J connectivity index is 2.30. The van der Waals surface area contributed by atoms with E-state index in [2.05, 4.69) is 5.32 Å². The van der Waals surface area contributed by atoms with Crippen LogP contribution < -0.4 is 5.32 Å². The minimum Gasteiger partial charge on any atom is -0.445 e. The number of nitrogens with zero attached hydrogens (tertiary/aromatic N) is 1. The van der Waals surface area contributed by atoms with Crippen LogP contribution in [0.3, 0.4) is 0 Å². The maximum Gasteiger partial charge on any atom is 0.407 e. The third-order valence-electron chi connectivity index (χ3n) is 2.49. The molecule has 1 amide bonds. The molecule has 0 aliphatic rings. The molecule has 0 aromatic heterocycles. The Hall–Kier alpha value is -1.55. The summed E-state index contributed by atoms with van der Waals surface area (Å²) in [5.74, 6) is 0. The first-order valence-corrected chi connectivity index (χ1v) is 6.12. The first-order chi connectivity index (χ1) is 8.47. The van der Waals surface area contributed by atoms with Gasteiger partial charge < -0.3 is 15.0 Å². The van der Waals surface area contributed by atoms with Gasteiger partial charge in [0.25, 0.3) is 0 Å². The Morgan fingerprint density at radius 2 is 1.94 bits per heavy atom. The van der Waals surface area contributed by atoms with Crippen LogP contribution in [0.2, 0.25) is 0 Å². The number of benzene rings is 1. The Kier molecular flexibility index (Phi) is 5.65. The summed E-state index contributed by atoms with van der Waals surface area (Å²) in [6.07, 6.45) is -0.483. The third kappa shape index (κ3) is 5.68. The number of alkyl carbamates (subject to hydrolysis) is 1. The molecule has 1 atom stereocenters. The molecule has 0 heterocycles. The van der Waals surface area contributed by atoms with E-state index in [0.29, 0.717) is 6.54 Å². The molecule has 0 aliphatic carbocycles. The Morgan fingerprint density at radius 1 is 1.33 bits per heavy atom. The van der Waals surface area contributed by atoms with Gasteiger partial charge in [-0.3, -0.25) is 0 Å². The van der Waals surface area contributed by atoms with Crippen LogP contribution in [0.4, 0.5) is 4.79 Å². The fourth-order valence-corrected chi connectivity index (χ4v) is 1.66. The van der Waals surface area contributed by atoms with Gasteiger partial charge in [-0.15, -0.1) is 0 Å². The minimum absolute atomic E-state index is 0.113. The van der Waals surface area contributed by atoms with Crippen molar-refractivity contribution in [3.05, 3.63) is 35.4 Å². The van der Waals surface area contributed by atoms with Crippen LogP contribution in [-0.4, -0.2) is 37.7 Å². The maximum absolute atomic E-state index is 11.5. The average Bonchev–Trinajstić information content (AvgIpc) is 2.27. The van der Waals surface area contributed by atoms with Crippen LogP contribution in [0.5, 0.6) is 0 Å². The molecule has 0 fully saturated rings. The highest BCUT2D eigenvalue weighted by molar-refractivity contribution is 5.67. The van der Waals surface area contributed by atoms with Crippen LogP contribution in [0.15, 0.2) is 24.3 Å². The Bertz CT molecular complexity index is 374. The molecule has 0 spiro atoms. The zero-order chi connectivity index (χ0) is 13.5. The summed E-state index contributed by atoms with van der Waals surface area (Å²) in [4.78, 5) is 13.5. The van der Waals surface area contributed by atoms with Crippen molar-refractivity contribution in [1.29, 1.82) is 0 Å². The molecule has 0 aliphatic heterocycles. The summed E-state index contributed by atoms with van der Waals surface area (Å²) >= 11 is 0. The van der Waals surface area contributed by atoms with Crippen LogP contribution in [0.1, 0.15) is 18.1 Å². The molecule has 1 unspecified atom stereocenters. The second-order valence-corrected chi connectivity index (χ2v) is 4.82. The molecular formula is C14H22N2O2. The lowest BCUT2D eigenvalue weighted by Crippen LogP contribution is -2.32. The molecule has 0 bridgehead atoms. The largest absolute Gasteiger partial charge is 0.445 e. The average molecular weight is 250 g/mol. The molecule has 1 aromatic carbocycles. The van der Waals surface area contributed by atoms with E-state index < -0.39 is 0 Å². The number of hydrogen-bond acceptors (Lipinski definition) is 3. The quantitative estimate of drug-likeness (QED) is 0.870. The minimum atomic E-state index is -0.370. The van der Waals surface area contributed by atoms with Crippen molar-refractivity contribution >= 4 is 6.09 Å². The number of aryl methyl sites for hydroxylation is 1. The Labute approximate surface area is 109 Å². The summed E-state index contributed by atoms with van der Waals surface area (Å²) in [5, 5.41) is 2.74. The van der Waals surface area contributed by atoms with Gasteiger partial charge in [0, 0.05) is 13.1 Å². The fraction of sp³-hybridized carbons (Fsp3) is 0.500. The van der Waals surface area contributed by atoms with Crippen molar-refractivity contribution in [2.75, 3.05) is 20.6 Å². The number of nitrogens with one attached hydrogen (secondary N) is 1. The van der Waals surface area contributed by atoms with Gasteiger partial charge in [0.1, 0.15) is 6.10 Å². The molecule has 0 radical (unpaired) electrons. The summed E-state index contributed by atoms with van der Waals surface area (Å²) in [5.41, 5.74) is 2.28. The second kappa shape index (κ2) is 7.01. The first kappa shape index (κ1) is 14.5. The van der Waals surface area contributed by atoms with Crippen molar-refractivity contribution < 1.29 is 9.53 Å². The predicted octanol–water partition coefficient (Wildman–Crippen LogP) is 2.17. The lowest BCUT2D eigenvalue weighted by Gasteiger charge is -2.17. The van der Waals surface area contributed by atoms with Crippen LogP contribution in [-0.2, 0) is 11.3 Å². The SMILES string of the molecule is Cc1ccc(CNC(=O)OC(C)CN(C)C)cc1. The highest BCUT2D eigenvalue weighted by Gasteiger charge is 2.09. The lowest BCUT2D eigenvalue weighted by atomic mass is 10.1. The zero-order valence-corrected chi connectivity index (χ0v) is 11.6. The van der Waals surface area contributed by atoms with Gasteiger partial charge in [-0.1, -0.05) is 29.8 Å². The molecule has 4 nitrogen and oxygen atoms in total. The lowest BCUT2D eigenvalue weighted by molar-refractivity contribution is 0.0905. The molecule has 100 valence electrons. The van der Waals surface area contributed by atoms with Gasteiger partial charge in [-0.25, -0.2) is 4.79 Å². The first-order valence-electron chi connectivity index (χ1n) is 6.12. The van der Waals surface area contributed by atoms with Crippen molar-refractivity contribution in [2.45, 2.75) is 26.5 Å².